The fourth-order valence-corrected chi connectivity index (χ4v) is 1.13. The van der Waals surface area contributed by atoms with Crippen LogP contribution in [-0.4, -0.2) is 43.3 Å². The Bertz CT molecular complexity index is 379. The molecule has 98 valence electrons. The van der Waals surface area contributed by atoms with Crippen LogP contribution in [0.2, 0.25) is 0 Å². The number of hydrogen-bond acceptors (Lipinski definition) is 4. The molecule has 0 fully saturated rings. The lowest BCUT2D eigenvalue weighted by Crippen LogP contribution is -2.32. The summed E-state index contributed by atoms with van der Waals surface area (Å²) in [5, 5.41) is 10.5. The van der Waals surface area contributed by atoms with Gasteiger partial charge >= 0.3 is 5.97 Å². The van der Waals surface area contributed by atoms with Crippen molar-refractivity contribution < 1.29 is 24.2 Å². The van der Waals surface area contributed by atoms with E-state index in [1.54, 1.807) is 0 Å². The first-order chi connectivity index (χ1) is 8.68. The number of nitrogens with one attached hydrogen (secondary N) is 1. The van der Waals surface area contributed by atoms with Crippen LogP contribution in [-0.2, 0) is 14.3 Å². The molecule has 0 atom stereocenters. The van der Waals surface area contributed by atoms with E-state index in [1.807, 2.05) is 30.3 Å². The highest BCUT2D eigenvalue weighted by molar-refractivity contribution is 5.81. The van der Waals surface area contributed by atoms with Crippen LogP contribution < -0.4 is 10.1 Å². The molecule has 1 aromatic rings. The number of amides is 1. The normalized spacial score (nSPS) is 9.78. The van der Waals surface area contributed by atoms with Crippen molar-refractivity contribution in [2.45, 2.75) is 0 Å². The van der Waals surface area contributed by atoms with Crippen LogP contribution >= 0.6 is 0 Å². The number of carbonyl (C=O) groups excluding carboxylic acids is 1. The van der Waals surface area contributed by atoms with Crippen LogP contribution in [0.5, 0.6) is 5.75 Å². The van der Waals surface area contributed by atoms with Gasteiger partial charge in [0.1, 0.15) is 25.5 Å². The molecule has 6 nitrogen and oxygen atoms in total. The molecule has 0 aliphatic heterocycles. The van der Waals surface area contributed by atoms with Gasteiger partial charge in [-0.3, -0.25) is 9.59 Å². The number of carboxylic acid groups (broad SMARTS) is 1. The fourth-order valence-electron chi connectivity index (χ4n) is 1.13. The molecule has 1 rings (SSSR count). The maximum absolute atomic E-state index is 11.0. The van der Waals surface area contributed by atoms with E-state index in [-0.39, 0.29) is 13.2 Å². The highest BCUT2D eigenvalue weighted by Gasteiger charge is 2.03. The summed E-state index contributed by atoms with van der Waals surface area (Å²) in [6, 6.07) is 9.24. The minimum Gasteiger partial charge on any atom is -0.491 e. The molecule has 0 bridgehead atoms. The number of benzene rings is 1. The Balaban J connectivity index is 2.02. The molecule has 0 saturated heterocycles. The van der Waals surface area contributed by atoms with E-state index in [4.69, 9.17) is 14.6 Å². The van der Waals surface area contributed by atoms with Gasteiger partial charge in [-0.15, -0.1) is 0 Å². The Morgan fingerprint density at radius 1 is 1.17 bits per heavy atom. The molecule has 0 unspecified atom stereocenters. The topological polar surface area (TPSA) is 84.9 Å². The van der Waals surface area contributed by atoms with E-state index in [0.29, 0.717) is 6.61 Å². The van der Waals surface area contributed by atoms with Gasteiger partial charge in [-0.1, -0.05) is 18.2 Å². The minimum absolute atomic E-state index is 0.175. The molecule has 0 spiro atoms. The van der Waals surface area contributed by atoms with E-state index in [9.17, 15) is 9.59 Å². The zero-order valence-electron chi connectivity index (χ0n) is 9.80. The average Bonchev–Trinajstić information content (AvgIpc) is 2.37. The van der Waals surface area contributed by atoms with E-state index in [2.05, 4.69) is 5.32 Å². The van der Waals surface area contributed by atoms with E-state index < -0.39 is 18.4 Å². The third kappa shape index (κ3) is 6.49. The maximum atomic E-state index is 11.0. The second-order valence-corrected chi connectivity index (χ2v) is 3.38. The first-order valence-electron chi connectivity index (χ1n) is 5.42. The molecule has 18 heavy (non-hydrogen) atoms. The third-order valence-electron chi connectivity index (χ3n) is 1.91. The summed E-state index contributed by atoms with van der Waals surface area (Å²) in [5.41, 5.74) is 0. The van der Waals surface area contributed by atoms with Crippen LogP contribution in [0.25, 0.3) is 0 Å². The molecule has 0 aromatic heterocycles. The second kappa shape index (κ2) is 8.08. The number of hydrogen-bond donors (Lipinski definition) is 2. The van der Waals surface area contributed by atoms with Gasteiger partial charge in [0, 0.05) is 0 Å². The zero-order chi connectivity index (χ0) is 13.2. The molecule has 0 radical (unpaired) electrons. The lowest BCUT2D eigenvalue weighted by atomic mass is 10.3. The fraction of sp³-hybridized carbons (Fsp3) is 0.333. The SMILES string of the molecule is O=C(O)CNC(=O)COCCOc1ccccc1. The van der Waals surface area contributed by atoms with Crippen LogP contribution in [0, 0.1) is 0 Å². The van der Waals surface area contributed by atoms with Gasteiger partial charge in [-0.2, -0.15) is 0 Å². The molecule has 1 aromatic carbocycles. The van der Waals surface area contributed by atoms with Crippen molar-refractivity contribution in [1.82, 2.24) is 5.32 Å². The predicted octanol–water partition coefficient (Wildman–Crippen LogP) is 0.283. The summed E-state index contributed by atoms with van der Waals surface area (Å²) in [6.07, 6.45) is 0. The lowest BCUT2D eigenvalue weighted by Gasteiger charge is -2.06. The van der Waals surface area contributed by atoms with Gasteiger partial charge in [0.25, 0.3) is 0 Å². The molecule has 1 amide bonds. The molecule has 6 heteroatoms. The van der Waals surface area contributed by atoms with Crippen molar-refractivity contribution in [1.29, 1.82) is 0 Å². The van der Waals surface area contributed by atoms with Gasteiger partial charge in [0.15, 0.2) is 0 Å². The molecular weight excluding hydrogens is 238 g/mol. The summed E-state index contributed by atoms with van der Waals surface area (Å²) in [7, 11) is 0. The van der Waals surface area contributed by atoms with Crippen LogP contribution in [0.3, 0.4) is 0 Å². The van der Waals surface area contributed by atoms with Gasteiger partial charge in [0.2, 0.25) is 5.91 Å². The second-order valence-electron chi connectivity index (χ2n) is 3.38. The molecular formula is C12H15NO5. The Morgan fingerprint density at radius 2 is 1.89 bits per heavy atom. The number of rotatable bonds is 8. The monoisotopic (exact) mass is 253 g/mol. The first kappa shape index (κ1) is 14.0. The first-order valence-corrected chi connectivity index (χ1v) is 5.42. The van der Waals surface area contributed by atoms with Gasteiger partial charge in [-0.05, 0) is 12.1 Å². The number of carboxylic acids is 1. The standard InChI is InChI=1S/C12H15NO5/c14-11(13-8-12(15)16)9-17-6-7-18-10-4-2-1-3-5-10/h1-5H,6-9H2,(H,13,14)(H,15,16). The molecule has 0 saturated carbocycles. The lowest BCUT2D eigenvalue weighted by molar-refractivity contribution is -0.138. The van der Waals surface area contributed by atoms with E-state index in [1.165, 1.54) is 0 Å². The quantitative estimate of drug-likeness (QED) is 0.650. The number of carbonyl (C=O) groups is 2. The zero-order valence-corrected chi connectivity index (χ0v) is 9.80. The molecule has 0 aliphatic carbocycles. The van der Waals surface area contributed by atoms with Gasteiger partial charge < -0.3 is 19.9 Å². The van der Waals surface area contributed by atoms with Gasteiger partial charge in [0.05, 0.1) is 6.61 Å². The number of para-hydroxylation sites is 1. The predicted molar refractivity (Wildman–Crippen MR) is 63.4 cm³/mol. The van der Waals surface area contributed by atoms with Crippen molar-refractivity contribution in [2.75, 3.05) is 26.4 Å². The van der Waals surface area contributed by atoms with Crippen LogP contribution in [0.1, 0.15) is 0 Å². The van der Waals surface area contributed by atoms with Crippen LogP contribution in [0.4, 0.5) is 0 Å². The highest BCUT2D eigenvalue weighted by Crippen LogP contribution is 2.07. The molecule has 0 aliphatic rings. The third-order valence-corrected chi connectivity index (χ3v) is 1.91. The van der Waals surface area contributed by atoms with Crippen LogP contribution in [0.15, 0.2) is 30.3 Å². The van der Waals surface area contributed by atoms with Gasteiger partial charge in [-0.25, -0.2) is 0 Å². The van der Waals surface area contributed by atoms with E-state index in [0.717, 1.165) is 5.75 Å². The number of aliphatic carboxylic acids is 1. The highest BCUT2D eigenvalue weighted by atomic mass is 16.5. The van der Waals surface area contributed by atoms with E-state index >= 15 is 0 Å². The maximum Gasteiger partial charge on any atom is 0.322 e. The van der Waals surface area contributed by atoms with Crippen molar-refractivity contribution in [3.05, 3.63) is 30.3 Å². The molecule has 2 N–H and O–H groups in total. The van der Waals surface area contributed by atoms with Crippen molar-refractivity contribution in [3.8, 4) is 5.75 Å². The molecule has 0 heterocycles. The Kier molecular flexibility index (Phi) is 6.27. The Morgan fingerprint density at radius 3 is 2.56 bits per heavy atom. The largest absolute Gasteiger partial charge is 0.491 e. The van der Waals surface area contributed by atoms with Crippen molar-refractivity contribution in [2.24, 2.45) is 0 Å². The van der Waals surface area contributed by atoms with Crippen molar-refractivity contribution >= 4 is 11.9 Å². The van der Waals surface area contributed by atoms with Crippen molar-refractivity contribution in [3.63, 3.8) is 0 Å². The Hall–Kier alpha value is -2.08. The summed E-state index contributed by atoms with van der Waals surface area (Å²) < 4.78 is 10.4. The Labute approximate surface area is 105 Å². The minimum atomic E-state index is -1.09. The summed E-state index contributed by atoms with van der Waals surface area (Å²) in [6.45, 7) is 0.0136. The smallest absolute Gasteiger partial charge is 0.322 e. The summed E-state index contributed by atoms with van der Waals surface area (Å²) in [5.74, 6) is -0.815. The average molecular weight is 253 g/mol. The summed E-state index contributed by atoms with van der Waals surface area (Å²) in [4.78, 5) is 21.2. The summed E-state index contributed by atoms with van der Waals surface area (Å²) >= 11 is 0. The number of ether oxygens (including phenoxy) is 2.